The van der Waals surface area contributed by atoms with Gasteiger partial charge >= 0.3 is 0 Å². The summed E-state index contributed by atoms with van der Waals surface area (Å²) in [5.74, 6) is 1.38. The predicted molar refractivity (Wildman–Crippen MR) is 174 cm³/mol. The van der Waals surface area contributed by atoms with Crippen LogP contribution in [0.1, 0.15) is 51.7 Å². The molecule has 5 aromatic carbocycles. The Balaban J connectivity index is 1.35. The van der Waals surface area contributed by atoms with Crippen molar-refractivity contribution in [2.24, 2.45) is 0 Å². The van der Waals surface area contributed by atoms with Crippen LogP contribution < -0.4 is 0 Å². The second kappa shape index (κ2) is 10.2. The Hall–Kier alpha value is -4.70. The van der Waals surface area contributed by atoms with Gasteiger partial charge in [-0.15, -0.1) is 0 Å². The molecule has 0 unspecified atom stereocenters. The molecule has 0 spiro atoms. The second-order valence-electron chi connectivity index (χ2n) is 13.0. The van der Waals surface area contributed by atoms with E-state index in [1.165, 1.54) is 41.7 Å². The average Bonchev–Trinajstić information content (AvgIpc) is 3.03. The van der Waals surface area contributed by atoms with Crippen LogP contribution in [0.3, 0.4) is 0 Å². The van der Waals surface area contributed by atoms with E-state index in [0.717, 1.165) is 33.0 Å². The van der Waals surface area contributed by atoms with Crippen molar-refractivity contribution >= 4 is 10.8 Å². The smallest absolute Gasteiger partial charge is 0.164 e. The summed E-state index contributed by atoms with van der Waals surface area (Å²) < 4.78 is 13.8. The molecule has 43 heavy (non-hydrogen) atoms. The summed E-state index contributed by atoms with van der Waals surface area (Å²) in [7, 11) is 0. The highest BCUT2D eigenvalue weighted by Crippen LogP contribution is 2.47. The SMILES string of the molecule is CC1(C)CCC(C)(C)c2cc(-c3cccc(-c4nc(-c5ccc(F)cc5)nc(-c5ccc6ccccc6c5)n4)c3)ccc21. The highest BCUT2D eigenvalue weighted by molar-refractivity contribution is 5.86. The maximum atomic E-state index is 13.8. The molecule has 1 aliphatic carbocycles. The van der Waals surface area contributed by atoms with E-state index in [4.69, 9.17) is 15.0 Å². The summed E-state index contributed by atoms with van der Waals surface area (Å²) in [5.41, 5.74) is 8.04. The lowest BCUT2D eigenvalue weighted by molar-refractivity contribution is 0.332. The lowest BCUT2D eigenvalue weighted by atomic mass is 9.63. The van der Waals surface area contributed by atoms with Crippen LogP contribution in [0, 0.1) is 5.82 Å². The lowest BCUT2D eigenvalue weighted by Crippen LogP contribution is -2.33. The highest BCUT2D eigenvalue weighted by Gasteiger charge is 2.37. The summed E-state index contributed by atoms with van der Waals surface area (Å²) in [6.07, 6.45) is 2.36. The zero-order valence-corrected chi connectivity index (χ0v) is 25.0. The van der Waals surface area contributed by atoms with Crippen LogP contribution in [-0.2, 0) is 10.8 Å². The van der Waals surface area contributed by atoms with Crippen molar-refractivity contribution in [2.45, 2.75) is 51.4 Å². The van der Waals surface area contributed by atoms with E-state index in [0.29, 0.717) is 17.5 Å². The molecule has 1 aliphatic rings. The number of fused-ring (bicyclic) bond motifs is 2. The van der Waals surface area contributed by atoms with Crippen LogP contribution in [0.25, 0.3) is 56.1 Å². The van der Waals surface area contributed by atoms with Gasteiger partial charge in [0.2, 0.25) is 0 Å². The van der Waals surface area contributed by atoms with E-state index in [-0.39, 0.29) is 16.6 Å². The number of halogens is 1. The van der Waals surface area contributed by atoms with E-state index in [1.807, 2.05) is 24.3 Å². The number of benzene rings is 5. The molecular formula is C39H34FN3. The van der Waals surface area contributed by atoms with Crippen LogP contribution in [0.15, 0.2) is 109 Å². The van der Waals surface area contributed by atoms with Crippen molar-refractivity contribution in [3.8, 4) is 45.3 Å². The maximum Gasteiger partial charge on any atom is 0.164 e. The second-order valence-corrected chi connectivity index (χ2v) is 13.0. The van der Waals surface area contributed by atoms with E-state index >= 15 is 0 Å². The van der Waals surface area contributed by atoms with Gasteiger partial charge < -0.3 is 0 Å². The van der Waals surface area contributed by atoms with Crippen LogP contribution in [0.5, 0.6) is 0 Å². The molecule has 0 saturated heterocycles. The minimum atomic E-state index is -0.294. The van der Waals surface area contributed by atoms with E-state index in [2.05, 4.69) is 88.4 Å². The monoisotopic (exact) mass is 563 g/mol. The molecule has 1 aromatic heterocycles. The van der Waals surface area contributed by atoms with Gasteiger partial charge in [0.15, 0.2) is 17.5 Å². The third-order valence-electron chi connectivity index (χ3n) is 9.05. The fraction of sp³-hybridized carbons (Fsp3) is 0.205. The van der Waals surface area contributed by atoms with Crippen molar-refractivity contribution in [3.05, 3.63) is 126 Å². The minimum Gasteiger partial charge on any atom is -0.208 e. The molecule has 212 valence electrons. The van der Waals surface area contributed by atoms with Crippen LogP contribution in [0.2, 0.25) is 0 Å². The first-order chi connectivity index (χ1) is 20.7. The summed E-state index contributed by atoms with van der Waals surface area (Å²) in [6, 6.07) is 36.2. The van der Waals surface area contributed by atoms with Gasteiger partial charge in [-0.25, -0.2) is 19.3 Å². The fourth-order valence-corrected chi connectivity index (χ4v) is 6.30. The summed E-state index contributed by atoms with van der Waals surface area (Å²) in [4.78, 5) is 14.7. The zero-order valence-electron chi connectivity index (χ0n) is 25.0. The largest absolute Gasteiger partial charge is 0.208 e. The molecule has 0 N–H and O–H groups in total. The molecule has 0 bridgehead atoms. The molecule has 0 atom stereocenters. The molecular weight excluding hydrogens is 529 g/mol. The fourth-order valence-electron chi connectivity index (χ4n) is 6.30. The van der Waals surface area contributed by atoms with Gasteiger partial charge in [-0.2, -0.15) is 0 Å². The average molecular weight is 564 g/mol. The summed E-state index contributed by atoms with van der Waals surface area (Å²) >= 11 is 0. The third-order valence-corrected chi connectivity index (χ3v) is 9.05. The Morgan fingerprint density at radius 2 is 1.00 bits per heavy atom. The Bertz CT molecular complexity index is 1990. The van der Waals surface area contributed by atoms with E-state index in [1.54, 1.807) is 12.1 Å². The number of aromatic nitrogens is 3. The molecule has 3 nitrogen and oxygen atoms in total. The normalized spacial score (nSPS) is 15.3. The number of hydrogen-bond donors (Lipinski definition) is 0. The quantitative estimate of drug-likeness (QED) is 0.214. The number of hydrogen-bond acceptors (Lipinski definition) is 3. The standard InChI is InChI=1S/C39H34FN3/c1-38(2)20-21-39(3,4)34-24-29(16-19-33(34)38)28-10-7-11-30(23-28)36-41-35(26-14-17-32(40)18-15-26)42-37(43-36)31-13-12-25-8-5-6-9-27(25)22-31/h5-19,22-24H,20-21H2,1-4H3. The Morgan fingerprint density at radius 3 is 1.72 bits per heavy atom. The van der Waals surface area contributed by atoms with Gasteiger partial charge in [0.05, 0.1) is 0 Å². The van der Waals surface area contributed by atoms with Crippen LogP contribution in [0.4, 0.5) is 4.39 Å². The van der Waals surface area contributed by atoms with Gasteiger partial charge in [-0.1, -0.05) is 100 Å². The Morgan fingerprint density at radius 1 is 0.465 bits per heavy atom. The molecule has 4 heteroatoms. The third kappa shape index (κ3) is 5.12. The van der Waals surface area contributed by atoms with Crippen molar-refractivity contribution in [2.75, 3.05) is 0 Å². The van der Waals surface area contributed by atoms with E-state index in [9.17, 15) is 4.39 Å². The maximum absolute atomic E-state index is 13.8. The molecule has 0 fully saturated rings. The topological polar surface area (TPSA) is 38.7 Å². The highest BCUT2D eigenvalue weighted by atomic mass is 19.1. The summed E-state index contributed by atoms with van der Waals surface area (Å²) in [5, 5.41) is 2.27. The first kappa shape index (κ1) is 27.2. The van der Waals surface area contributed by atoms with Crippen molar-refractivity contribution in [1.29, 1.82) is 0 Å². The molecule has 0 radical (unpaired) electrons. The Labute approximate surface area is 252 Å². The first-order valence-electron chi connectivity index (χ1n) is 14.9. The molecule has 0 aliphatic heterocycles. The van der Waals surface area contributed by atoms with Gasteiger partial charge in [0.25, 0.3) is 0 Å². The van der Waals surface area contributed by atoms with Gasteiger partial charge in [0, 0.05) is 16.7 Å². The predicted octanol–water partition coefficient (Wildman–Crippen LogP) is 10.2. The molecule has 1 heterocycles. The van der Waals surface area contributed by atoms with Crippen LogP contribution in [-0.4, -0.2) is 15.0 Å². The minimum absolute atomic E-state index is 0.130. The number of nitrogens with zero attached hydrogens (tertiary/aromatic N) is 3. The van der Waals surface area contributed by atoms with E-state index < -0.39 is 0 Å². The molecule has 0 amide bonds. The molecule has 6 aromatic rings. The summed E-state index contributed by atoms with van der Waals surface area (Å²) in [6.45, 7) is 9.43. The van der Waals surface area contributed by atoms with Gasteiger partial charge in [-0.3, -0.25) is 0 Å². The molecule has 7 rings (SSSR count). The van der Waals surface area contributed by atoms with Crippen molar-refractivity contribution in [3.63, 3.8) is 0 Å². The molecule has 0 saturated carbocycles. The zero-order chi connectivity index (χ0) is 29.8. The Kier molecular flexibility index (Phi) is 6.46. The van der Waals surface area contributed by atoms with Crippen molar-refractivity contribution < 1.29 is 4.39 Å². The lowest BCUT2D eigenvalue weighted by Gasteiger charge is -2.42. The van der Waals surface area contributed by atoms with Crippen LogP contribution >= 0.6 is 0 Å². The first-order valence-corrected chi connectivity index (χ1v) is 14.9. The van der Waals surface area contributed by atoms with Gasteiger partial charge in [0.1, 0.15) is 5.82 Å². The van der Waals surface area contributed by atoms with Gasteiger partial charge in [-0.05, 0) is 93.1 Å². The van der Waals surface area contributed by atoms with Crippen molar-refractivity contribution in [1.82, 2.24) is 15.0 Å². The number of rotatable bonds is 4.